The van der Waals surface area contributed by atoms with Crippen molar-refractivity contribution in [2.75, 3.05) is 17.7 Å². The number of hydrogen-bond donors (Lipinski definition) is 2. The van der Waals surface area contributed by atoms with Gasteiger partial charge in [-0.15, -0.1) is 0 Å². The Kier molecular flexibility index (Phi) is 5.82. The zero-order chi connectivity index (χ0) is 17.7. The first-order valence-corrected chi connectivity index (χ1v) is 7.80. The lowest BCUT2D eigenvalue weighted by molar-refractivity contribution is -0.116. The number of carbonyl (C=O) groups is 2. The molecule has 0 aliphatic heterocycles. The summed E-state index contributed by atoms with van der Waals surface area (Å²) in [4.78, 5) is 23.9. The maximum atomic E-state index is 12.3. The van der Waals surface area contributed by atoms with Crippen LogP contribution in [0, 0.1) is 6.92 Å². The van der Waals surface area contributed by atoms with Gasteiger partial charge < -0.3 is 15.4 Å². The highest BCUT2D eigenvalue weighted by molar-refractivity contribution is 6.30. The summed E-state index contributed by atoms with van der Waals surface area (Å²) in [5, 5.41) is 6.46. The standard InChI is InChI=1S/C18H19ClN2O3/c1-11-7-8-13(18(23)24-3)9-16(11)20-12(2)17(22)21-15-6-4-5-14(19)10-15/h4-10,12,20H,1-3H3,(H,21,22)/t12-/m1/s1. The summed E-state index contributed by atoms with van der Waals surface area (Å²) in [7, 11) is 1.33. The monoisotopic (exact) mass is 346 g/mol. The summed E-state index contributed by atoms with van der Waals surface area (Å²) in [6.07, 6.45) is 0. The molecule has 0 aromatic heterocycles. The highest BCUT2D eigenvalue weighted by Crippen LogP contribution is 2.19. The van der Waals surface area contributed by atoms with Crippen molar-refractivity contribution < 1.29 is 14.3 Å². The van der Waals surface area contributed by atoms with Crippen LogP contribution in [0.1, 0.15) is 22.8 Å². The highest BCUT2D eigenvalue weighted by atomic mass is 35.5. The lowest BCUT2D eigenvalue weighted by Crippen LogP contribution is -2.32. The molecular formula is C18H19ClN2O3. The SMILES string of the molecule is COC(=O)c1ccc(C)c(N[C@H](C)C(=O)Nc2cccc(Cl)c2)c1. The Morgan fingerprint density at radius 2 is 1.92 bits per heavy atom. The number of hydrogen-bond acceptors (Lipinski definition) is 4. The van der Waals surface area contributed by atoms with Crippen LogP contribution in [0.2, 0.25) is 5.02 Å². The Labute approximate surface area is 146 Å². The Balaban J connectivity index is 2.09. The molecule has 5 nitrogen and oxygen atoms in total. The van der Waals surface area contributed by atoms with E-state index in [0.29, 0.717) is 22.0 Å². The molecule has 0 radical (unpaired) electrons. The molecule has 0 bridgehead atoms. The maximum Gasteiger partial charge on any atom is 0.337 e. The van der Waals surface area contributed by atoms with Crippen LogP contribution in [0.15, 0.2) is 42.5 Å². The van der Waals surface area contributed by atoms with Crippen LogP contribution in [0.25, 0.3) is 0 Å². The smallest absolute Gasteiger partial charge is 0.337 e. The number of carbonyl (C=O) groups excluding carboxylic acids is 2. The number of amides is 1. The number of halogens is 1. The first kappa shape index (κ1) is 17.8. The third kappa shape index (κ3) is 4.49. The molecule has 0 aliphatic rings. The predicted molar refractivity (Wildman–Crippen MR) is 95.7 cm³/mol. The van der Waals surface area contributed by atoms with Crippen LogP contribution < -0.4 is 10.6 Å². The molecule has 2 rings (SSSR count). The lowest BCUT2D eigenvalue weighted by Gasteiger charge is -2.17. The summed E-state index contributed by atoms with van der Waals surface area (Å²) in [6, 6.07) is 11.6. The van der Waals surface area contributed by atoms with Gasteiger partial charge >= 0.3 is 5.97 Å². The molecule has 2 N–H and O–H groups in total. The van der Waals surface area contributed by atoms with E-state index >= 15 is 0 Å². The number of aryl methyl sites for hydroxylation is 1. The van der Waals surface area contributed by atoms with E-state index in [0.717, 1.165) is 5.56 Å². The van der Waals surface area contributed by atoms with E-state index < -0.39 is 12.0 Å². The van der Waals surface area contributed by atoms with Crippen molar-refractivity contribution in [1.82, 2.24) is 0 Å². The topological polar surface area (TPSA) is 67.4 Å². The fourth-order valence-electron chi connectivity index (χ4n) is 2.14. The van der Waals surface area contributed by atoms with E-state index in [1.807, 2.05) is 6.92 Å². The normalized spacial score (nSPS) is 11.5. The van der Waals surface area contributed by atoms with Crippen molar-refractivity contribution in [3.8, 4) is 0 Å². The average Bonchev–Trinajstić information content (AvgIpc) is 2.56. The zero-order valence-electron chi connectivity index (χ0n) is 13.7. The van der Waals surface area contributed by atoms with Gasteiger partial charge in [-0.25, -0.2) is 4.79 Å². The van der Waals surface area contributed by atoms with Gasteiger partial charge in [0.1, 0.15) is 6.04 Å². The van der Waals surface area contributed by atoms with Gasteiger partial charge in [-0.3, -0.25) is 4.79 Å². The molecule has 0 spiro atoms. The zero-order valence-corrected chi connectivity index (χ0v) is 14.5. The number of benzene rings is 2. The van der Waals surface area contributed by atoms with Gasteiger partial charge in [0.15, 0.2) is 0 Å². The molecule has 2 aromatic carbocycles. The highest BCUT2D eigenvalue weighted by Gasteiger charge is 2.15. The fraction of sp³-hybridized carbons (Fsp3) is 0.222. The van der Waals surface area contributed by atoms with Gasteiger partial charge in [-0.2, -0.15) is 0 Å². The quantitative estimate of drug-likeness (QED) is 0.806. The third-order valence-corrected chi connectivity index (χ3v) is 3.75. The van der Waals surface area contributed by atoms with Crippen molar-refractivity contribution in [3.05, 3.63) is 58.6 Å². The first-order valence-electron chi connectivity index (χ1n) is 7.42. The van der Waals surface area contributed by atoms with Crippen LogP contribution in [0.5, 0.6) is 0 Å². The molecule has 126 valence electrons. The predicted octanol–water partition coefficient (Wildman–Crippen LogP) is 3.87. The van der Waals surface area contributed by atoms with E-state index in [4.69, 9.17) is 16.3 Å². The number of anilines is 2. The summed E-state index contributed by atoms with van der Waals surface area (Å²) in [5.74, 6) is -0.630. The minimum atomic E-state index is -0.504. The molecule has 1 atom stereocenters. The minimum absolute atomic E-state index is 0.208. The molecule has 0 heterocycles. The lowest BCUT2D eigenvalue weighted by atomic mass is 10.1. The molecule has 0 saturated carbocycles. The van der Waals surface area contributed by atoms with Crippen LogP contribution >= 0.6 is 11.6 Å². The Bertz CT molecular complexity index is 762. The summed E-state index contributed by atoms with van der Waals surface area (Å²) in [6.45, 7) is 3.63. The van der Waals surface area contributed by atoms with E-state index in [1.165, 1.54) is 7.11 Å². The second-order valence-corrected chi connectivity index (χ2v) is 5.82. The van der Waals surface area contributed by atoms with Gasteiger partial charge in [-0.1, -0.05) is 23.7 Å². The minimum Gasteiger partial charge on any atom is -0.465 e. The van der Waals surface area contributed by atoms with E-state index in [9.17, 15) is 9.59 Å². The van der Waals surface area contributed by atoms with E-state index in [1.54, 1.807) is 49.4 Å². The Hall–Kier alpha value is -2.53. The number of methoxy groups -OCH3 is 1. The van der Waals surface area contributed by atoms with Crippen molar-refractivity contribution in [2.24, 2.45) is 0 Å². The van der Waals surface area contributed by atoms with Gasteiger partial charge in [0.2, 0.25) is 5.91 Å². The summed E-state index contributed by atoms with van der Waals surface area (Å²) >= 11 is 5.91. The van der Waals surface area contributed by atoms with Crippen molar-refractivity contribution in [3.63, 3.8) is 0 Å². The molecule has 1 amide bonds. The van der Waals surface area contributed by atoms with Gasteiger partial charge in [0.25, 0.3) is 0 Å². The first-order chi connectivity index (χ1) is 11.4. The molecule has 2 aromatic rings. The van der Waals surface area contributed by atoms with Crippen molar-refractivity contribution in [1.29, 1.82) is 0 Å². The molecule has 6 heteroatoms. The maximum absolute atomic E-state index is 12.3. The number of nitrogens with one attached hydrogen (secondary N) is 2. The fourth-order valence-corrected chi connectivity index (χ4v) is 2.33. The molecular weight excluding hydrogens is 328 g/mol. The number of rotatable bonds is 5. The summed E-state index contributed by atoms with van der Waals surface area (Å²) in [5.41, 5.74) is 2.67. The van der Waals surface area contributed by atoms with Gasteiger partial charge in [-0.05, 0) is 49.7 Å². The molecule has 0 saturated heterocycles. The van der Waals surface area contributed by atoms with Crippen LogP contribution in [0.3, 0.4) is 0 Å². The third-order valence-electron chi connectivity index (χ3n) is 3.52. The van der Waals surface area contributed by atoms with Crippen LogP contribution in [-0.4, -0.2) is 25.0 Å². The molecule has 0 fully saturated rings. The van der Waals surface area contributed by atoms with E-state index in [2.05, 4.69) is 10.6 Å². The van der Waals surface area contributed by atoms with E-state index in [-0.39, 0.29) is 5.91 Å². The largest absolute Gasteiger partial charge is 0.465 e. The second kappa shape index (κ2) is 7.84. The molecule has 0 unspecified atom stereocenters. The van der Waals surface area contributed by atoms with Crippen LogP contribution in [-0.2, 0) is 9.53 Å². The van der Waals surface area contributed by atoms with Crippen LogP contribution in [0.4, 0.5) is 11.4 Å². The van der Waals surface area contributed by atoms with Crippen molar-refractivity contribution in [2.45, 2.75) is 19.9 Å². The molecule has 0 aliphatic carbocycles. The van der Waals surface area contributed by atoms with Gasteiger partial charge in [0.05, 0.1) is 12.7 Å². The average molecular weight is 347 g/mol. The number of esters is 1. The number of ether oxygens (including phenoxy) is 1. The molecule has 24 heavy (non-hydrogen) atoms. The Morgan fingerprint density at radius 3 is 2.58 bits per heavy atom. The van der Waals surface area contributed by atoms with Crippen molar-refractivity contribution >= 4 is 34.9 Å². The Morgan fingerprint density at radius 1 is 1.17 bits per heavy atom. The second-order valence-electron chi connectivity index (χ2n) is 5.39. The van der Waals surface area contributed by atoms with Gasteiger partial charge in [0, 0.05) is 16.4 Å². The summed E-state index contributed by atoms with van der Waals surface area (Å²) < 4.78 is 4.72.